The number of halogens is 1. The van der Waals surface area contributed by atoms with Gasteiger partial charge in [-0.1, -0.05) is 47.9 Å². The largest absolute Gasteiger partial charge is 0.481 e. The van der Waals surface area contributed by atoms with Crippen molar-refractivity contribution in [3.05, 3.63) is 10.2 Å². The molecule has 76 valence electrons. The Hall–Kier alpha value is -0.0600. The summed E-state index contributed by atoms with van der Waals surface area (Å²) in [7, 11) is 0. The van der Waals surface area contributed by atoms with E-state index in [1.165, 1.54) is 19.3 Å². The Morgan fingerprint density at radius 1 is 1.15 bits per heavy atom. The van der Waals surface area contributed by atoms with Crippen LogP contribution >= 0.6 is 22.6 Å². The average molecular weight is 296 g/mol. The van der Waals surface area contributed by atoms with Gasteiger partial charge in [-0.3, -0.25) is 4.79 Å². The molecule has 3 heteroatoms. The van der Waals surface area contributed by atoms with E-state index in [1.807, 2.05) is 4.08 Å². The molecule has 0 aliphatic rings. The van der Waals surface area contributed by atoms with Crippen molar-refractivity contribution >= 4 is 28.6 Å². The number of carbonyl (C=O) groups is 1. The molecule has 0 aliphatic heterocycles. The second-order valence-corrected chi connectivity index (χ2v) is 3.78. The van der Waals surface area contributed by atoms with Crippen LogP contribution in [0.5, 0.6) is 0 Å². The Morgan fingerprint density at radius 2 is 1.77 bits per heavy atom. The minimum atomic E-state index is -0.673. The molecular weight excluding hydrogens is 279 g/mol. The van der Waals surface area contributed by atoms with Gasteiger partial charge in [-0.25, -0.2) is 0 Å². The van der Waals surface area contributed by atoms with Crippen LogP contribution in [0.25, 0.3) is 0 Å². The van der Waals surface area contributed by atoms with Crippen molar-refractivity contribution in [2.75, 3.05) is 0 Å². The Kier molecular flexibility index (Phi) is 9.98. The molecule has 2 nitrogen and oxygen atoms in total. The van der Waals surface area contributed by atoms with Gasteiger partial charge in [0, 0.05) is 6.42 Å². The zero-order valence-electron chi connectivity index (χ0n) is 7.84. The Bertz CT molecular complexity index is 155. The van der Waals surface area contributed by atoms with Crippen molar-refractivity contribution in [3.63, 3.8) is 0 Å². The second-order valence-electron chi connectivity index (χ2n) is 3.06. The highest BCUT2D eigenvalue weighted by Gasteiger charge is 1.95. The zero-order valence-corrected chi connectivity index (χ0v) is 10.00. The van der Waals surface area contributed by atoms with Gasteiger partial charge in [0.25, 0.3) is 0 Å². The molecule has 0 aromatic heterocycles. The SMILES string of the molecule is O=C(O)CCCCCCC/C=C/I. The molecule has 0 saturated heterocycles. The smallest absolute Gasteiger partial charge is 0.303 e. The first-order valence-corrected chi connectivity index (χ1v) is 5.99. The van der Waals surface area contributed by atoms with E-state index in [2.05, 4.69) is 28.7 Å². The van der Waals surface area contributed by atoms with Gasteiger partial charge in [0.15, 0.2) is 0 Å². The quantitative estimate of drug-likeness (QED) is 0.547. The Labute approximate surface area is 93.6 Å². The van der Waals surface area contributed by atoms with E-state index in [0.29, 0.717) is 6.42 Å². The standard InChI is InChI=1S/C10H17IO2/c11-9-7-5-3-1-2-4-6-8-10(12)13/h7,9H,1-6,8H2,(H,12,13)/b9-7+. The molecule has 1 N–H and O–H groups in total. The van der Waals surface area contributed by atoms with Gasteiger partial charge in [0.2, 0.25) is 0 Å². The Balaban J connectivity index is 2.95. The van der Waals surface area contributed by atoms with Crippen LogP contribution in [0.15, 0.2) is 10.2 Å². The minimum Gasteiger partial charge on any atom is -0.481 e. The van der Waals surface area contributed by atoms with E-state index in [9.17, 15) is 4.79 Å². The molecular formula is C10H17IO2. The maximum atomic E-state index is 10.2. The molecule has 0 heterocycles. The van der Waals surface area contributed by atoms with E-state index in [4.69, 9.17) is 5.11 Å². The van der Waals surface area contributed by atoms with Gasteiger partial charge in [-0.2, -0.15) is 0 Å². The number of aliphatic carboxylic acids is 1. The van der Waals surface area contributed by atoms with Crippen molar-refractivity contribution < 1.29 is 9.90 Å². The van der Waals surface area contributed by atoms with Gasteiger partial charge in [0.05, 0.1) is 0 Å². The van der Waals surface area contributed by atoms with Crippen LogP contribution in [0.2, 0.25) is 0 Å². The van der Waals surface area contributed by atoms with Crippen molar-refractivity contribution in [2.45, 2.75) is 44.9 Å². The molecule has 0 aromatic carbocycles. The van der Waals surface area contributed by atoms with Gasteiger partial charge in [0.1, 0.15) is 0 Å². The van der Waals surface area contributed by atoms with Crippen molar-refractivity contribution in [2.24, 2.45) is 0 Å². The van der Waals surface area contributed by atoms with Gasteiger partial charge in [-0.15, -0.1) is 0 Å². The van der Waals surface area contributed by atoms with E-state index in [0.717, 1.165) is 19.3 Å². The third kappa shape index (κ3) is 11.9. The first-order chi connectivity index (χ1) is 6.27. The molecule has 0 radical (unpaired) electrons. The fourth-order valence-corrected chi connectivity index (χ4v) is 1.49. The number of carboxylic acid groups (broad SMARTS) is 1. The van der Waals surface area contributed by atoms with Gasteiger partial charge >= 0.3 is 5.97 Å². The molecule has 0 bridgehead atoms. The van der Waals surface area contributed by atoms with Gasteiger partial charge < -0.3 is 5.11 Å². The molecule has 0 atom stereocenters. The van der Waals surface area contributed by atoms with E-state index >= 15 is 0 Å². The summed E-state index contributed by atoms with van der Waals surface area (Å²) >= 11 is 2.22. The molecule has 0 rings (SSSR count). The summed E-state index contributed by atoms with van der Waals surface area (Å²) in [4.78, 5) is 10.2. The summed E-state index contributed by atoms with van der Waals surface area (Å²) in [6.07, 6.45) is 9.15. The van der Waals surface area contributed by atoms with E-state index in [-0.39, 0.29) is 0 Å². The lowest BCUT2D eigenvalue weighted by molar-refractivity contribution is -0.137. The van der Waals surface area contributed by atoms with Crippen LogP contribution in [0.4, 0.5) is 0 Å². The summed E-state index contributed by atoms with van der Waals surface area (Å²) in [5.41, 5.74) is 0. The molecule has 13 heavy (non-hydrogen) atoms. The number of carboxylic acids is 1. The topological polar surface area (TPSA) is 37.3 Å². The van der Waals surface area contributed by atoms with Crippen LogP contribution < -0.4 is 0 Å². The van der Waals surface area contributed by atoms with Crippen molar-refractivity contribution in [1.82, 2.24) is 0 Å². The summed E-state index contributed by atoms with van der Waals surface area (Å²) < 4.78 is 2.04. The molecule has 0 unspecified atom stereocenters. The first-order valence-electron chi connectivity index (χ1n) is 4.74. The normalized spacial score (nSPS) is 10.8. The van der Waals surface area contributed by atoms with E-state index in [1.54, 1.807) is 0 Å². The summed E-state index contributed by atoms with van der Waals surface area (Å²) in [5, 5.41) is 8.38. The number of rotatable bonds is 8. The Morgan fingerprint density at radius 3 is 2.38 bits per heavy atom. The highest BCUT2D eigenvalue weighted by molar-refractivity contribution is 14.1. The number of hydrogen-bond acceptors (Lipinski definition) is 1. The fraction of sp³-hybridized carbons (Fsp3) is 0.700. The first kappa shape index (κ1) is 12.9. The van der Waals surface area contributed by atoms with Crippen molar-refractivity contribution in [3.8, 4) is 0 Å². The van der Waals surface area contributed by atoms with Crippen LogP contribution in [-0.2, 0) is 4.79 Å². The third-order valence-electron chi connectivity index (χ3n) is 1.85. The highest BCUT2D eigenvalue weighted by Crippen LogP contribution is 2.07. The molecule has 0 aliphatic carbocycles. The van der Waals surface area contributed by atoms with Crippen LogP contribution in [0.3, 0.4) is 0 Å². The lowest BCUT2D eigenvalue weighted by atomic mass is 10.1. The average Bonchev–Trinajstić information content (AvgIpc) is 2.09. The third-order valence-corrected chi connectivity index (χ3v) is 2.36. The van der Waals surface area contributed by atoms with Crippen molar-refractivity contribution in [1.29, 1.82) is 0 Å². The molecule has 0 spiro atoms. The fourth-order valence-electron chi connectivity index (χ4n) is 1.13. The molecule has 0 amide bonds. The highest BCUT2D eigenvalue weighted by atomic mass is 127. The van der Waals surface area contributed by atoms with E-state index < -0.39 is 5.97 Å². The maximum absolute atomic E-state index is 10.2. The van der Waals surface area contributed by atoms with Gasteiger partial charge in [-0.05, 0) is 23.3 Å². The van der Waals surface area contributed by atoms with Crippen LogP contribution in [-0.4, -0.2) is 11.1 Å². The second kappa shape index (κ2) is 10.0. The maximum Gasteiger partial charge on any atom is 0.303 e. The zero-order chi connectivity index (χ0) is 9.94. The predicted octanol–water partition coefficient (Wildman–Crippen LogP) is 3.75. The number of allylic oxidation sites excluding steroid dienone is 1. The summed E-state index contributed by atoms with van der Waals surface area (Å²) in [6, 6.07) is 0. The lowest BCUT2D eigenvalue weighted by Gasteiger charge is -1.97. The lowest BCUT2D eigenvalue weighted by Crippen LogP contribution is -1.93. The minimum absolute atomic E-state index is 0.327. The summed E-state index contributed by atoms with van der Waals surface area (Å²) in [6.45, 7) is 0. The monoisotopic (exact) mass is 296 g/mol. The molecule has 0 saturated carbocycles. The van der Waals surface area contributed by atoms with Crippen LogP contribution in [0.1, 0.15) is 44.9 Å². The number of unbranched alkanes of at least 4 members (excludes halogenated alkanes) is 5. The van der Waals surface area contributed by atoms with Crippen LogP contribution in [0, 0.1) is 0 Å². The molecule has 0 fully saturated rings. The predicted molar refractivity (Wildman–Crippen MR) is 63.1 cm³/mol. The summed E-state index contributed by atoms with van der Waals surface area (Å²) in [5.74, 6) is -0.673. The molecule has 0 aromatic rings. The number of hydrogen-bond donors (Lipinski definition) is 1.